The number of ether oxygens (including phenoxy) is 4. The van der Waals surface area contributed by atoms with Crippen molar-refractivity contribution in [3.63, 3.8) is 0 Å². The van der Waals surface area contributed by atoms with Crippen LogP contribution in [0.15, 0.2) is 70.9 Å². The second-order valence-corrected chi connectivity index (χ2v) is 16.9. The van der Waals surface area contributed by atoms with Crippen molar-refractivity contribution in [2.45, 2.75) is 163 Å². The summed E-state index contributed by atoms with van der Waals surface area (Å²) in [4.78, 5) is 26.7. The minimum Gasteiger partial charge on any atom is -0.487 e. The van der Waals surface area contributed by atoms with Gasteiger partial charge in [0.25, 0.3) is 0 Å². The monoisotopic (exact) mass is 795 g/mol. The molecule has 0 aromatic heterocycles. The van der Waals surface area contributed by atoms with Gasteiger partial charge in [-0.1, -0.05) is 121 Å². The lowest BCUT2D eigenvalue weighted by molar-refractivity contribution is -0.141. The number of rotatable bonds is 23. The number of aryl methyl sites for hydroxylation is 1. The zero-order valence-corrected chi connectivity index (χ0v) is 36.0. The van der Waals surface area contributed by atoms with E-state index in [0.29, 0.717) is 46.9 Å². The predicted molar refractivity (Wildman–Crippen MR) is 233 cm³/mol. The lowest BCUT2D eigenvalue weighted by Gasteiger charge is -2.27. The lowest BCUT2D eigenvalue weighted by atomic mass is 9.80. The molecule has 2 saturated carbocycles. The Morgan fingerprint density at radius 3 is 1.72 bits per heavy atom. The summed E-state index contributed by atoms with van der Waals surface area (Å²) in [6.07, 6.45) is 22.1. The number of unbranched alkanes of at least 4 members (excludes halogenated alkanes) is 7. The third-order valence-electron chi connectivity index (χ3n) is 12.1. The molecule has 8 heteroatoms. The van der Waals surface area contributed by atoms with Gasteiger partial charge in [-0.15, -0.1) is 5.11 Å². The van der Waals surface area contributed by atoms with Gasteiger partial charge in [0.15, 0.2) is 11.5 Å². The number of carbonyl (C=O) groups is 2. The molecular weight excluding hydrogens is 725 g/mol. The van der Waals surface area contributed by atoms with Crippen LogP contribution in [-0.2, 0) is 16.2 Å². The Hall–Kier alpha value is -4.20. The van der Waals surface area contributed by atoms with Crippen LogP contribution in [0.2, 0.25) is 0 Å². The molecule has 3 aromatic carbocycles. The molecule has 2 aliphatic carbocycles. The molecule has 0 spiro atoms. The number of hydrogen-bond donors (Lipinski definition) is 0. The molecule has 0 unspecified atom stereocenters. The van der Waals surface area contributed by atoms with Crippen LogP contribution in [0, 0.1) is 30.6 Å². The first-order valence-electron chi connectivity index (χ1n) is 22.8. The molecule has 58 heavy (non-hydrogen) atoms. The molecule has 316 valence electrons. The van der Waals surface area contributed by atoms with Gasteiger partial charge in [-0.05, 0) is 119 Å². The number of azo groups is 1. The first-order valence-corrected chi connectivity index (χ1v) is 22.8. The molecule has 0 heterocycles. The van der Waals surface area contributed by atoms with Crippen molar-refractivity contribution in [1.29, 1.82) is 0 Å². The van der Waals surface area contributed by atoms with Gasteiger partial charge in [-0.25, -0.2) is 0 Å². The van der Waals surface area contributed by atoms with Gasteiger partial charge < -0.3 is 18.9 Å². The summed E-state index contributed by atoms with van der Waals surface area (Å²) in [6, 6.07) is 18.9. The molecule has 0 aliphatic heterocycles. The molecular formula is C50H70N2O6. The van der Waals surface area contributed by atoms with Gasteiger partial charge in [-0.3, -0.25) is 9.59 Å². The standard InChI is InChI=1S/C50H70N2O6/c1-5-8-11-14-35-55-47-45(52-51-43-29-31-44(32-30-43)57-49(53)41-25-21-38(22-26-41)15-12-9-6-2)33-34-46(48(47)56-36-40-19-17-37(4)18-20-40)58-50(54)42-27-23-39(24-28-42)16-13-10-7-3/h17-20,29-34,38-39,41-42H,5-16,21-28,35-36H2,1-4H3. The van der Waals surface area contributed by atoms with E-state index < -0.39 is 0 Å². The molecule has 8 nitrogen and oxygen atoms in total. The summed E-state index contributed by atoms with van der Waals surface area (Å²) in [5.74, 6) is 2.50. The van der Waals surface area contributed by atoms with Crippen LogP contribution in [0.3, 0.4) is 0 Å². The Kier molecular flexibility index (Phi) is 19.1. The average molecular weight is 795 g/mol. The lowest BCUT2D eigenvalue weighted by Crippen LogP contribution is -2.26. The number of nitrogens with zero attached hydrogens (tertiary/aromatic N) is 2. The summed E-state index contributed by atoms with van der Waals surface area (Å²) < 4.78 is 25.0. The highest BCUT2D eigenvalue weighted by molar-refractivity contribution is 5.78. The molecule has 0 atom stereocenters. The smallest absolute Gasteiger partial charge is 0.314 e. The SMILES string of the molecule is CCCCCCOc1c(N=Nc2ccc(OC(=O)C3CCC(CCCCC)CC3)cc2)ccc(OC(=O)C2CCC(CCCCC)CC2)c1OCc1ccc(C)cc1. The highest BCUT2D eigenvalue weighted by Gasteiger charge is 2.30. The topological polar surface area (TPSA) is 95.8 Å². The minimum absolute atomic E-state index is 0.0396. The van der Waals surface area contributed by atoms with Crippen molar-refractivity contribution < 1.29 is 28.5 Å². The van der Waals surface area contributed by atoms with Crippen LogP contribution >= 0.6 is 0 Å². The van der Waals surface area contributed by atoms with Crippen LogP contribution in [0.5, 0.6) is 23.0 Å². The highest BCUT2D eigenvalue weighted by atomic mass is 16.6. The van der Waals surface area contributed by atoms with Gasteiger partial charge in [0.2, 0.25) is 5.75 Å². The fourth-order valence-electron chi connectivity index (χ4n) is 8.34. The first-order chi connectivity index (χ1) is 28.4. The first kappa shape index (κ1) is 44.9. The van der Waals surface area contributed by atoms with Crippen LogP contribution in [0.25, 0.3) is 0 Å². The third-order valence-corrected chi connectivity index (χ3v) is 12.1. The van der Waals surface area contributed by atoms with Gasteiger partial charge in [0.1, 0.15) is 18.0 Å². The molecule has 3 aromatic rings. The van der Waals surface area contributed by atoms with E-state index >= 15 is 0 Å². The van der Waals surface area contributed by atoms with Crippen molar-refractivity contribution in [2.75, 3.05) is 6.61 Å². The number of benzene rings is 3. The summed E-state index contributed by atoms with van der Waals surface area (Å²) >= 11 is 0. The van der Waals surface area contributed by atoms with Crippen molar-refractivity contribution in [3.8, 4) is 23.0 Å². The number of carbonyl (C=O) groups excluding carboxylic acids is 2. The van der Waals surface area contributed by atoms with Gasteiger partial charge in [0, 0.05) is 0 Å². The fourth-order valence-corrected chi connectivity index (χ4v) is 8.34. The largest absolute Gasteiger partial charge is 0.487 e. The fraction of sp³-hybridized carbons (Fsp3) is 0.600. The molecule has 0 N–H and O–H groups in total. The molecule has 0 radical (unpaired) electrons. The Morgan fingerprint density at radius 1 is 0.569 bits per heavy atom. The van der Waals surface area contributed by atoms with E-state index in [4.69, 9.17) is 18.9 Å². The van der Waals surface area contributed by atoms with E-state index in [1.807, 2.05) is 12.1 Å². The minimum atomic E-state index is -0.216. The average Bonchev–Trinajstić information content (AvgIpc) is 3.24. The second kappa shape index (κ2) is 24.7. The number of hydrogen-bond acceptors (Lipinski definition) is 8. The molecule has 2 fully saturated rings. The van der Waals surface area contributed by atoms with Crippen LogP contribution in [0.1, 0.15) is 160 Å². The van der Waals surface area contributed by atoms with Gasteiger partial charge in [-0.2, -0.15) is 5.11 Å². The van der Waals surface area contributed by atoms with Crippen LogP contribution in [-0.4, -0.2) is 18.5 Å². The van der Waals surface area contributed by atoms with Crippen molar-refractivity contribution in [3.05, 3.63) is 71.8 Å². The number of esters is 2. The maximum absolute atomic E-state index is 13.7. The van der Waals surface area contributed by atoms with Crippen molar-refractivity contribution in [2.24, 2.45) is 33.9 Å². The van der Waals surface area contributed by atoms with Crippen molar-refractivity contribution >= 4 is 23.3 Å². The van der Waals surface area contributed by atoms with E-state index in [0.717, 1.165) is 88.5 Å². The Balaban J connectivity index is 1.30. The van der Waals surface area contributed by atoms with E-state index in [1.54, 1.807) is 36.4 Å². The summed E-state index contributed by atoms with van der Waals surface area (Å²) in [5, 5.41) is 9.19. The van der Waals surface area contributed by atoms with Crippen molar-refractivity contribution in [1.82, 2.24) is 0 Å². The summed E-state index contributed by atoms with van der Waals surface area (Å²) in [6.45, 7) is 9.45. The Labute approximate surface area is 348 Å². The van der Waals surface area contributed by atoms with E-state index in [-0.39, 0.29) is 30.4 Å². The molecule has 0 amide bonds. The maximum atomic E-state index is 13.7. The van der Waals surface area contributed by atoms with Gasteiger partial charge in [0.05, 0.1) is 24.1 Å². The summed E-state index contributed by atoms with van der Waals surface area (Å²) in [5.41, 5.74) is 3.23. The summed E-state index contributed by atoms with van der Waals surface area (Å²) in [7, 11) is 0. The molecule has 0 bridgehead atoms. The Morgan fingerprint density at radius 2 is 1.14 bits per heavy atom. The third kappa shape index (κ3) is 14.6. The Bertz CT molecular complexity index is 1690. The molecule has 0 saturated heterocycles. The highest BCUT2D eigenvalue weighted by Crippen LogP contribution is 2.46. The quantitative estimate of drug-likeness (QED) is 0.0410. The zero-order valence-electron chi connectivity index (χ0n) is 36.0. The van der Waals surface area contributed by atoms with E-state index in [1.165, 1.54) is 56.9 Å². The normalized spacial score (nSPS) is 19.5. The predicted octanol–water partition coefficient (Wildman–Crippen LogP) is 14.5. The van der Waals surface area contributed by atoms with E-state index in [9.17, 15) is 9.59 Å². The molecule has 5 rings (SSSR count). The van der Waals surface area contributed by atoms with Crippen LogP contribution in [0.4, 0.5) is 11.4 Å². The maximum Gasteiger partial charge on any atom is 0.314 e. The van der Waals surface area contributed by atoms with E-state index in [2.05, 4.69) is 50.1 Å². The van der Waals surface area contributed by atoms with Crippen LogP contribution < -0.4 is 18.9 Å². The second-order valence-electron chi connectivity index (χ2n) is 16.9. The molecule has 2 aliphatic rings. The zero-order chi connectivity index (χ0) is 41.0. The van der Waals surface area contributed by atoms with Gasteiger partial charge >= 0.3 is 11.9 Å².